The van der Waals surface area contributed by atoms with Crippen LogP contribution in [0.3, 0.4) is 0 Å². The van der Waals surface area contributed by atoms with E-state index in [2.05, 4.69) is 5.32 Å². The van der Waals surface area contributed by atoms with Crippen molar-refractivity contribution in [1.29, 1.82) is 0 Å². The van der Waals surface area contributed by atoms with Crippen molar-refractivity contribution in [2.24, 2.45) is 0 Å². The molecule has 1 atom stereocenters. The fourth-order valence-electron chi connectivity index (χ4n) is 2.35. The van der Waals surface area contributed by atoms with Crippen molar-refractivity contribution in [3.63, 3.8) is 0 Å². The second-order valence-electron chi connectivity index (χ2n) is 4.84. The Kier molecular flexibility index (Phi) is 7.23. The van der Waals surface area contributed by atoms with Crippen LogP contribution in [0.2, 0.25) is 0 Å². The summed E-state index contributed by atoms with van der Waals surface area (Å²) < 4.78 is 33.3. The Morgan fingerprint density at radius 1 is 1.42 bits per heavy atom. The number of nitrogens with one attached hydrogen (secondary N) is 1. The van der Waals surface area contributed by atoms with Gasteiger partial charge in [0.2, 0.25) is 0 Å². The van der Waals surface area contributed by atoms with E-state index in [0.29, 0.717) is 32.8 Å². The highest BCUT2D eigenvalue weighted by Gasteiger charge is 2.34. The molecule has 114 valence electrons. The fourth-order valence-corrected chi connectivity index (χ4v) is 3.93. The molecule has 1 aliphatic heterocycles. The fraction of sp³-hybridized carbons (Fsp3) is 1.00. The largest absolute Gasteiger partial charge is 0.380 e. The zero-order valence-electron chi connectivity index (χ0n) is 12.3. The van der Waals surface area contributed by atoms with Gasteiger partial charge in [-0.15, -0.1) is 0 Å². The minimum atomic E-state index is -3.37. The molecule has 1 unspecified atom stereocenters. The van der Waals surface area contributed by atoms with Crippen molar-refractivity contribution in [3.8, 4) is 0 Å². The Morgan fingerprint density at radius 2 is 2.16 bits per heavy atom. The van der Waals surface area contributed by atoms with Gasteiger partial charge in [-0.3, -0.25) is 0 Å². The molecule has 1 N–H and O–H groups in total. The predicted octanol–water partition coefficient (Wildman–Crippen LogP) is 0.273. The molecule has 0 bridgehead atoms. The third kappa shape index (κ3) is 4.68. The topological polar surface area (TPSA) is 61.9 Å². The monoisotopic (exact) mass is 293 g/mol. The minimum absolute atomic E-state index is 0.0679. The summed E-state index contributed by atoms with van der Waals surface area (Å²) in [5, 5.41) is 3.08. The molecule has 1 rings (SSSR count). The van der Waals surface area contributed by atoms with Gasteiger partial charge in [0, 0.05) is 39.3 Å². The molecule has 1 fully saturated rings. The number of piperidine rings is 1. The molecule has 1 saturated heterocycles. The van der Waals surface area contributed by atoms with E-state index in [4.69, 9.17) is 4.74 Å². The second kappa shape index (κ2) is 8.16. The van der Waals surface area contributed by atoms with Crippen molar-refractivity contribution < 1.29 is 13.2 Å². The third-order valence-electron chi connectivity index (χ3n) is 3.46. The minimum Gasteiger partial charge on any atom is -0.380 e. The molecule has 0 aliphatic carbocycles. The van der Waals surface area contributed by atoms with Crippen LogP contribution in [-0.4, -0.2) is 70.0 Å². The average molecular weight is 293 g/mol. The van der Waals surface area contributed by atoms with Gasteiger partial charge in [-0.1, -0.05) is 6.42 Å². The molecule has 0 spiro atoms. The number of hydrogen-bond acceptors (Lipinski definition) is 4. The van der Waals surface area contributed by atoms with Gasteiger partial charge in [-0.05, 0) is 26.8 Å². The van der Waals surface area contributed by atoms with E-state index in [1.165, 1.54) is 4.31 Å². The lowest BCUT2D eigenvalue weighted by Gasteiger charge is -2.36. The lowest BCUT2D eigenvalue weighted by molar-refractivity contribution is 0.135. The van der Waals surface area contributed by atoms with E-state index in [-0.39, 0.29) is 6.04 Å². The maximum atomic E-state index is 12.5. The number of ether oxygens (including phenoxy) is 1. The summed E-state index contributed by atoms with van der Waals surface area (Å²) in [7, 11) is 0.117. The smallest absolute Gasteiger partial charge is 0.282 e. The van der Waals surface area contributed by atoms with Crippen molar-refractivity contribution in [1.82, 2.24) is 13.9 Å². The highest BCUT2D eigenvalue weighted by molar-refractivity contribution is 7.86. The van der Waals surface area contributed by atoms with Crippen LogP contribution >= 0.6 is 0 Å². The summed E-state index contributed by atoms with van der Waals surface area (Å²) in [6, 6.07) is 0.0679. The number of likely N-dealkylation sites (N-methyl/N-ethyl adjacent to an activating group) is 2. The van der Waals surface area contributed by atoms with Gasteiger partial charge >= 0.3 is 0 Å². The van der Waals surface area contributed by atoms with Crippen LogP contribution in [0.5, 0.6) is 0 Å². The molecule has 0 radical (unpaired) electrons. The predicted molar refractivity (Wildman–Crippen MR) is 76.3 cm³/mol. The van der Waals surface area contributed by atoms with Gasteiger partial charge in [0.05, 0.1) is 6.61 Å². The van der Waals surface area contributed by atoms with Crippen molar-refractivity contribution in [2.45, 2.75) is 32.2 Å². The van der Waals surface area contributed by atoms with Crippen molar-refractivity contribution >= 4 is 10.2 Å². The molecule has 1 heterocycles. The lowest BCUT2D eigenvalue weighted by Crippen LogP contribution is -2.52. The van der Waals surface area contributed by atoms with E-state index in [1.54, 1.807) is 11.4 Å². The van der Waals surface area contributed by atoms with Crippen LogP contribution < -0.4 is 5.32 Å². The van der Waals surface area contributed by atoms with Crippen LogP contribution in [-0.2, 0) is 14.9 Å². The summed E-state index contributed by atoms with van der Waals surface area (Å²) in [6.45, 7) is 4.68. The maximum Gasteiger partial charge on any atom is 0.282 e. The summed E-state index contributed by atoms with van der Waals surface area (Å²) in [6.07, 6.45) is 2.97. The molecule has 0 amide bonds. The molecule has 7 heteroatoms. The molecule has 19 heavy (non-hydrogen) atoms. The van der Waals surface area contributed by atoms with Crippen LogP contribution in [0.1, 0.15) is 26.2 Å². The SMILES string of the molecule is CCOCCN(C)S(=O)(=O)N1CCCCC1CNC. The van der Waals surface area contributed by atoms with E-state index >= 15 is 0 Å². The van der Waals surface area contributed by atoms with Gasteiger partial charge in [-0.25, -0.2) is 0 Å². The first-order chi connectivity index (χ1) is 9.04. The third-order valence-corrected chi connectivity index (χ3v) is 5.50. The molecule has 1 aliphatic rings. The molecule has 0 aromatic heterocycles. The molecule has 6 nitrogen and oxygen atoms in total. The second-order valence-corrected chi connectivity index (χ2v) is 6.83. The zero-order valence-corrected chi connectivity index (χ0v) is 13.1. The van der Waals surface area contributed by atoms with Gasteiger partial charge in [0.15, 0.2) is 0 Å². The number of nitrogens with zero attached hydrogens (tertiary/aromatic N) is 2. The van der Waals surface area contributed by atoms with E-state index in [9.17, 15) is 8.42 Å². The molecular weight excluding hydrogens is 266 g/mol. The van der Waals surface area contributed by atoms with Crippen molar-refractivity contribution in [3.05, 3.63) is 0 Å². The summed E-state index contributed by atoms with van der Waals surface area (Å²) >= 11 is 0. The number of hydrogen-bond donors (Lipinski definition) is 1. The van der Waals surface area contributed by atoms with Crippen LogP contribution in [0.25, 0.3) is 0 Å². The van der Waals surface area contributed by atoms with Crippen LogP contribution in [0, 0.1) is 0 Å². The standard InChI is InChI=1S/C12H27N3O3S/c1-4-18-10-9-14(3)19(16,17)15-8-6-5-7-12(15)11-13-2/h12-13H,4-11H2,1-3H3. The molecular formula is C12H27N3O3S. The average Bonchev–Trinajstić information content (AvgIpc) is 2.39. The van der Waals surface area contributed by atoms with Gasteiger partial charge in [0.25, 0.3) is 10.2 Å². The summed E-state index contributed by atoms with van der Waals surface area (Å²) in [5.74, 6) is 0. The normalized spacial score (nSPS) is 22.0. The molecule has 0 saturated carbocycles. The van der Waals surface area contributed by atoms with Crippen LogP contribution in [0.15, 0.2) is 0 Å². The van der Waals surface area contributed by atoms with Gasteiger partial charge < -0.3 is 10.1 Å². The quantitative estimate of drug-likeness (QED) is 0.653. The number of rotatable bonds is 8. The Morgan fingerprint density at radius 3 is 2.79 bits per heavy atom. The summed E-state index contributed by atoms with van der Waals surface area (Å²) in [4.78, 5) is 0. The highest BCUT2D eigenvalue weighted by Crippen LogP contribution is 2.21. The highest BCUT2D eigenvalue weighted by atomic mass is 32.2. The molecule has 0 aromatic carbocycles. The first-order valence-electron chi connectivity index (χ1n) is 6.99. The first kappa shape index (κ1) is 16.8. The Hall–Kier alpha value is -0.210. The zero-order chi connectivity index (χ0) is 14.3. The lowest BCUT2D eigenvalue weighted by atomic mass is 10.1. The maximum absolute atomic E-state index is 12.5. The van der Waals surface area contributed by atoms with Gasteiger partial charge in [0.1, 0.15) is 0 Å². The Balaban J connectivity index is 2.67. The Labute approximate surface area is 117 Å². The van der Waals surface area contributed by atoms with Crippen LogP contribution in [0.4, 0.5) is 0 Å². The van der Waals surface area contributed by atoms with E-state index < -0.39 is 10.2 Å². The van der Waals surface area contributed by atoms with E-state index in [0.717, 1.165) is 19.3 Å². The summed E-state index contributed by atoms with van der Waals surface area (Å²) in [5.41, 5.74) is 0. The van der Waals surface area contributed by atoms with E-state index in [1.807, 2.05) is 14.0 Å². The van der Waals surface area contributed by atoms with Gasteiger partial charge in [-0.2, -0.15) is 17.0 Å². The first-order valence-corrected chi connectivity index (χ1v) is 8.39. The van der Waals surface area contributed by atoms with Crippen molar-refractivity contribution in [2.75, 3.05) is 46.9 Å². The Bertz CT molecular complexity index is 346. The molecule has 0 aromatic rings.